The minimum atomic E-state index is -3.55. The van der Waals surface area contributed by atoms with Gasteiger partial charge in [0.2, 0.25) is 10.0 Å². The first-order valence-corrected chi connectivity index (χ1v) is 9.19. The molecule has 1 atom stereocenters. The largest absolute Gasteiger partial charge is 0.388 e. The molecule has 0 aliphatic heterocycles. The fourth-order valence-corrected chi connectivity index (χ4v) is 3.56. The highest BCUT2D eigenvalue weighted by atomic mass is 127. The summed E-state index contributed by atoms with van der Waals surface area (Å²) in [6.45, 7) is 1.61. The highest BCUT2D eigenvalue weighted by molar-refractivity contribution is 14.1. The Labute approximate surface area is 126 Å². The standard InChI is InChI=1S/C11H16INO3S2/c1-11(14,8-17-2)7-13-18(15,16)10-5-3-9(12)4-6-10/h3-6,13-14H,7-8H2,1-2H3. The Hall–Kier alpha value is 0.170. The maximum Gasteiger partial charge on any atom is 0.240 e. The molecule has 0 radical (unpaired) electrons. The van der Waals surface area contributed by atoms with Crippen LogP contribution in [0.1, 0.15) is 6.92 Å². The van der Waals surface area contributed by atoms with Crippen LogP contribution in [0.15, 0.2) is 29.2 Å². The second-order valence-corrected chi connectivity index (χ2v) is 8.09. The minimum absolute atomic E-state index is 0.00214. The van der Waals surface area contributed by atoms with Gasteiger partial charge in [0.25, 0.3) is 0 Å². The van der Waals surface area contributed by atoms with Gasteiger partial charge in [-0.2, -0.15) is 11.8 Å². The maximum atomic E-state index is 12.0. The fraction of sp³-hybridized carbons (Fsp3) is 0.455. The summed E-state index contributed by atoms with van der Waals surface area (Å²) in [5, 5.41) is 9.92. The third-order valence-electron chi connectivity index (χ3n) is 2.22. The molecule has 1 rings (SSSR count). The summed E-state index contributed by atoms with van der Waals surface area (Å²) in [6.07, 6.45) is 1.86. The summed E-state index contributed by atoms with van der Waals surface area (Å²) in [5.74, 6) is 0.474. The summed E-state index contributed by atoms with van der Waals surface area (Å²) in [4.78, 5) is 0.211. The molecule has 0 saturated heterocycles. The Morgan fingerprint density at radius 2 is 1.94 bits per heavy atom. The molecule has 1 aromatic rings. The topological polar surface area (TPSA) is 66.4 Å². The first-order valence-electron chi connectivity index (χ1n) is 5.23. The molecule has 0 amide bonds. The number of aliphatic hydroxyl groups is 1. The summed E-state index contributed by atoms with van der Waals surface area (Å²) in [6, 6.07) is 6.56. The zero-order valence-corrected chi connectivity index (χ0v) is 14.0. The van der Waals surface area contributed by atoms with Crippen molar-refractivity contribution in [3.63, 3.8) is 0 Å². The molecular formula is C11H16INO3S2. The molecule has 0 fully saturated rings. The van der Waals surface area contributed by atoms with Gasteiger partial charge in [0.05, 0.1) is 10.5 Å². The molecule has 0 aliphatic carbocycles. The van der Waals surface area contributed by atoms with Crippen molar-refractivity contribution in [1.29, 1.82) is 0 Å². The van der Waals surface area contributed by atoms with Crippen molar-refractivity contribution in [2.45, 2.75) is 17.4 Å². The van der Waals surface area contributed by atoms with Gasteiger partial charge in [0, 0.05) is 15.9 Å². The van der Waals surface area contributed by atoms with Crippen LogP contribution in [-0.4, -0.2) is 37.7 Å². The average molecular weight is 401 g/mol. The highest BCUT2D eigenvalue weighted by Gasteiger charge is 2.23. The molecule has 0 spiro atoms. The van der Waals surface area contributed by atoms with Crippen LogP contribution in [0.2, 0.25) is 0 Å². The van der Waals surface area contributed by atoms with Crippen LogP contribution in [0.3, 0.4) is 0 Å². The summed E-state index contributed by atoms with van der Waals surface area (Å²) >= 11 is 3.58. The van der Waals surface area contributed by atoms with Crippen LogP contribution < -0.4 is 4.72 Å². The summed E-state index contributed by atoms with van der Waals surface area (Å²) in [7, 11) is -3.55. The number of thioether (sulfide) groups is 1. The SMILES string of the molecule is CSCC(C)(O)CNS(=O)(=O)c1ccc(I)cc1. The molecule has 18 heavy (non-hydrogen) atoms. The van der Waals surface area contributed by atoms with Crippen LogP contribution in [0, 0.1) is 3.57 Å². The number of nitrogens with one attached hydrogen (secondary N) is 1. The van der Waals surface area contributed by atoms with Crippen LogP contribution in [0.25, 0.3) is 0 Å². The zero-order chi connectivity index (χ0) is 13.8. The quantitative estimate of drug-likeness (QED) is 0.712. The lowest BCUT2D eigenvalue weighted by Crippen LogP contribution is -2.42. The van der Waals surface area contributed by atoms with Gasteiger partial charge in [-0.05, 0) is 60.0 Å². The number of rotatable bonds is 6. The second kappa shape index (κ2) is 6.56. The van der Waals surface area contributed by atoms with E-state index in [0.29, 0.717) is 5.75 Å². The van der Waals surface area contributed by atoms with Crippen molar-refractivity contribution in [2.24, 2.45) is 0 Å². The Kier molecular flexibility index (Phi) is 5.91. The van der Waals surface area contributed by atoms with Crippen molar-refractivity contribution in [1.82, 2.24) is 4.72 Å². The minimum Gasteiger partial charge on any atom is -0.388 e. The van der Waals surface area contributed by atoms with E-state index in [-0.39, 0.29) is 11.4 Å². The Morgan fingerprint density at radius 3 is 2.44 bits per heavy atom. The van der Waals surface area contributed by atoms with E-state index in [4.69, 9.17) is 0 Å². The Bertz CT molecular complexity index is 486. The lowest BCUT2D eigenvalue weighted by molar-refractivity contribution is 0.0908. The highest BCUT2D eigenvalue weighted by Crippen LogP contribution is 2.14. The van der Waals surface area contributed by atoms with Gasteiger partial charge in [0.1, 0.15) is 0 Å². The summed E-state index contributed by atoms with van der Waals surface area (Å²) < 4.78 is 27.3. The molecule has 0 saturated carbocycles. The Morgan fingerprint density at radius 1 is 1.39 bits per heavy atom. The number of sulfonamides is 1. The first kappa shape index (κ1) is 16.2. The van der Waals surface area contributed by atoms with Gasteiger partial charge >= 0.3 is 0 Å². The second-order valence-electron chi connectivity index (χ2n) is 4.21. The molecule has 0 bridgehead atoms. The van der Waals surface area contributed by atoms with E-state index in [1.165, 1.54) is 11.8 Å². The molecule has 0 heterocycles. The number of hydrogen-bond acceptors (Lipinski definition) is 4. The van der Waals surface area contributed by atoms with Crippen LogP contribution in [-0.2, 0) is 10.0 Å². The summed E-state index contributed by atoms with van der Waals surface area (Å²) in [5.41, 5.74) is -1.05. The molecule has 4 nitrogen and oxygen atoms in total. The predicted octanol–water partition coefficient (Wildman–Crippen LogP) is 1.68. The monoisotopic (exact) mass is 401 g/mol. The van der Waals surface area contributed by atoms with Gasteiger partial charge < -0.3 is 5.11 Å². The molecule has 0 aromatic heterocycles. The lowest BCUT2D eigenvalue weighted by atomic mass is 10.1. The van der Waals surface area contributed by atoms with Gasteiger partial charge in [-0.1, -0.05) is 0 Å². The van der Waals surface area contributed by atoms with E-state index in [2.05, 4.69) is 27.3 Å². The third-order valence-corrected chi connectivity index (χ3v) is 5.27. The van der Waals surface area contributed by atoms with E-state index >= 15 is 0 Å². The first-order chi connectivity index (χ1) is 8.27. The van der Waals surface area contributed by atoms with E-state index in [1.54, 1.807) is 31.2 Å². The van der Waals surface area contributed by atoms with Crippen LogP contribution >= 0.6 is 34.4 Å². The van der Waals surface area contributed by atoms with E-state index in [0.717, 1.165) is 3.57 Å². The van der Waals surface area contributed by atoms with Crippen molar-refractivity contribution >= 4 is 44.4 Å². The van der Waals surface area contributed by atoms with Gasteiger partial charge in [-0.3, -0.25) is 0 Å². The third kappa shape index (κ3) is 5.04. The van der Waals surface area contributed by atoms with E-state index < -0.39 is 15.6 Å². The predicted molar refractivity (Wildman–Crippen MR) is 83.4 cm³/mol. The smallest absolute Gasteiger partial charge is 0.240 e. The van der Waals surface area contributed by atoms with Crippen LogP contribution in [0.4, 0.5) is 0 Å². The average Bonchev–Trinajstić information content (AvgIpc) is 2.27. The molecule has 0 aliphatic rings. The zero-order valence-electron chi connectivity index (χ0n) is 10.2. The van der Waals surface area contributed by atoms with E-state index in [9.17, 15) is 13.5 Å². The fourth-order valence-electron chi connectivity index (χ4n) is 1.31. The van der Waals surface area contributed by atoms with E-state index in [1.807, 2.05) is 6.26 Å². The number of benzene rings is 1. The Balaban J connectivity index is 2.74. The van der Waals surface area contributed by atoms with Gasteiger partial charge in [-0.15, -0.1) is 0 Å². The molecule has 1 unspecified atom stereocenters. The number of hydrogen-bond donors (Lipinski definition) is 2. The number of halogens is 1. The van der Waals surface area contributed by atoms with Crippen molar-refractivity contribution < 1.29 is 13.5 Å². The van der Waals surface area contributed by atoms with Gasteiger partial charge in [0.15, 0.2) is 0 Å². The van der Waals surface area contributed by atoms with Gasteiger partial charge in [-0.25, -0.2) is 13.1 Å². The lowest BCUT2D eigenvalue weighted by Gasteiger charge is -2.22. The van der Waals surface area contributed by atoms with Crippen molar-refractivity contribution in [3.8, 4) is 0 Å². The normalized spacial score (nSPS) is 15.3. The molecule has 102 valence electrons. The van der Waals surface area contributed by atoms with Crippen LogP contribution in [0.5, 0.6) is 0 Å². The molecule has 7 heteroatoms. The van der Waals surface area contributed by atoms with Crippen molar-refractivity contribution in [2.75, 3.05) is 18.6 Å². The molecule has 2 N–H and O–H groups in total. The van der Waals surface area contributed by atoms with Crippen molar-refractivity contribution in [3.05, 3.63) is 27.8 Å². The maximum absolute atomic E-state index is 12.0. The molecular weight excluding hydrogens is 385 g/mol. The molecule has 1 aromatic carbocycles.